The highest BCUT2D eigenvalue weighted by Crippen LogP contribution is 2.31. The zero-order chi connectivity index (χ0) is 12.4. The van der Waals surface area contributed by atoms with Gasteiger partial charge in [-0.05, 0) is 55.2 Å². The minimum atomic E-state index is 0.277. The predicted molar refractivity (Wildman–Crippen MR) is 71.6 cm³/mol. The van der Waals surface area contributed by atoms with Gasteiger partial charge < -0.3 is 10.4 Å². The monoisotopic (exact) mass is 240 g/mol. The van der Waals surface area contributed by atoms with E-state index in [-0.39, 0.29) is 6.04 Å². The van der Waals surface area contributed by atoms with Crippen LogP contribution >= 0.6 is 0 Å². The number of aryl methyl sites for hydroxylation is 1. The van der Waals surface area contributed by atoms with Crippen LogP contribution in [0.15, 0.2) is 42.6 Å². The third kappa shape index (κ3) is 2.16. The van der Waals surface area contributed by atoms with Crippen LogP contribution in [0.4, 0.5) is 5.69 Å². The summed E-state index contributed by atoms with van der Waals surface area (Å²) in [7, 11) is 0. The molecule has 1 atom stereocenters. The lowest BCUT2D eigenvalue weighted by Gasteiger charge is -2.26. The van der Waals surface area contributed by atoms with Crippen molar-refractivity contribution >= 4 is 5.69 Å². The first-order valence-electron chi connectivity index (χ1n) is 6.32. The molecule has 0 saturated carbocycles. The van der Waals surface area contributed by atoms with Crippen LogP contribution < -0.4 is 5.32 Å². The molecule has 1 aromatic heterocycles. The van der Waals surface area contributed by atoms with Gasteiger partial charge in [0.15, 0.2) is 0 Å². The minimum absolute atomic E-state index is 0.277. The van der Waals surface area contributed by atoms with E-state index in [0.717, 1.165) is 24.2 Å². The van der Waals surface area contributed by atoms with E-state index in [1.54, 1.807) is 12.1 Å². The number of rotatable bonds is 2. The van der Waals surface area contributed by atoms with E-state index in [0.29, 0.717) is 5.75 Å². The first-order valence-corrected chi connectivity index (χ1v) is 6.32. The van der Waals surface area contributed by atoms with Crippen molar-refractivity contribution in [2.45, 2.75) is 25.3 Å². The van der Waals surface area contributed by atoms with Crippen molar-refractivity contribution < 1.29 is 5.11 Å². The fourth-order valence-electron chi connectivity index (χ4n) is 2.51. The van der Waals surface area contributed by atoms with Gasteiger partial charge in [0.2, 0.25) is 0 Å². The summed E-state index contributed by atoms with van der Waals surface area (Å²) >= 11 is 0. The molecule has 1 heterocycles. The Morgan fingerprint density at radius 2 is 2.00 bits per heavy atom. The van der Waals surface area contributed by atoms with Crippen molar-refractivity contribution in [3.63, 3.8) is 0 Å². The van der Waals surface area contributed by atoms with Gasteiger partial charge in [-0.2, -0.15) is 0 Å². The van der Waals surface area contributed by atoms with Gasteiger partial charge in [-0.3, -0.25) is 4.98 Å². The number of benzene rings is 1. The van der Waals surface area contributed by atoms with Crippen LogP contribution in [0.1, 0.15) is 30.1 Å². The molecule has 3 heteroatoms. The van der Waals surface area contributed by atoms with Crippen molar-refractivity contribution in [3.8, 4) is 5.75 Å². The molecule has 0 aliphatic heterocycles. The van der Waals surface area contributed by atoms with Crippen LogP contribution in [0.3, 0.4) is 0 Å². The smallest absolute Gasteiger partial charge is 0.115 e. The van der Waals surface area contributed by atoms with Gasteiger partial charge in [-0.1, -0.05) is 6.07 Å². The van der Waals surface area contributed by atoms with Crippen LogP contribution in [0.5, 0.6) is 5.75 Å². The number of aromatic nitrogens is 1. The van der Waals surface area contributed by atoms with E-state index in [2.05, 4.69) is 16.4 Å². The second-order valence-corrected chi connectivity index (χ2v) is 4.68. The third-order valence-electron chi connectivity index (χ3n) is 3.40. The van der Waals surface area contributed by atoms with Crippen LogP contribution in [0.25, 0.3) is 0 Å². The normalized spacial score (nSPS) is 18.1. The van der Waals surface area contributed by atoms with E-state index in [9.17, 15) is 5.11 Å². The highest BCUT2D eigenvalue weighted by atomic mass is 16.3. The largest absolute Gasteiger partial charge is 0.508 e. The lowest BCUT2D eigenvalue weighted by atomic mass is 9.92. The summed E-state index contributed by atoms with van der Waals surface area (Å²) in [5.41, 5.74) is 3.54. The van der Waals surface area contributed by atoms with Crippen LogP contribution in [-0.4, -0.2) is 10.1 Å². The molecule has 1 unspecified atom stereocenters. The molecule has 0 radical (unpaired) electrons. The van der Waals surface area contributed by atoms with Crippen molar-refractivity contribution in [3.05, 3.63) is 53.9 Å². The Labute approximate surface area is 107 Å². The molecule has 3 nitrogen and oxygen atoms in total. The Morgan fingerprint density at radius 1 is 1.17 bits per heavy atom. The zero-order valence-electron chi connectivity index (χ0n) is 10.1. The Morgan fingerprint density at radius 3 is 2.83 bits per heavy atom. The number of pyridine rings is 1. The van der Waals surface area contributed by atoms with Crippen molar-refractivity contribution in [1.82, 2.24) is 4.98 Å². The molecular formula is C15H16N2O. The molecule has 0 amide bonds. The van der Waals surface area contributed by atoms with Gasteiger partial charge >= 0.3 is 0 Å². The molecule has 0 saturated heterocycles. The summed E-state index contributed by atoms with van der Waals surface area (Å²) in [4.78, 5) is 4.50. The van der Waals surface area contributed by atoms with Gasteiger partial charge in [-0.25, -0.2) is 0 Å². The SMILES string of the molecule is Oc1ccc(NC2CCCc3cccnc32)cc1. The summed E-state index contributed by atoms with van der Waals surface area (Å²) in [5, 5.41) is 12.8. The molecule has 1 aliphatic carbocycles. The van der Waals surface area contributed by atoms with E-state index < -0.39 is 0 Å². The fraction of sp³-hybridized carbons (Fsp3) is 0.267. The lowest BCUT2D eigenvalue weighted by molar-refractivity contribution is 0.475. The standard InChI is InChI=1S/C15H16N2O/c18-13-8-6-12(7-9-13)17-14-5-1-3-11-4-2-10-16-15(11)14/h2,4,6-10,14,17-18H,1,3,5H2. The van der Waals surface area contributed by atoms with Crippen molar-refractivity contribution in [2.75, 3.05) is 5.32 Å². The molecule has 0 spiro atoms. The number of hydrogen-bond donors (Lipinski definition) is 2. The van der Waals surface area contributed by atoms with Crippen molar-refractivity contribution in [2.24, 2.45) is 0 Å². The minimum Gasteiger partial charge on any atom is -0.508 e. The van der Waals surface area contributed by atoms with E-state index in [1.165, 1.54) is 12.0 Å². The highest BCUT2D eigenvalue weighted by molar-refractivity contribution is 5.48. The molecule has 92 valence electrons. The summed E-state index contributed by atoms with van der Waals surface area (Å²) in [6.07, 6.45) is 5.27. The average Bonchev–Trinajstić information content (AvgIpc) is 2.42. The van der Waals surface area contributed by atoms with Crippen molar-refractivity contribution in [1.29, 1.82) is 0 Å². The van der Waals surface area contributed by atoms with Crippen LogP contribution in [0.2, 0.25) is 0 Å². The zero-order valence-corrected chi connectivity index (χ0v) is 10.1. The summed E-state index contributed by atoms with van der Waals surface area (Å²) in [5.74, 6) is 0.294. The maximum Gasteiger partial charge on any atom is 0.115 e. The summed E-state index contributed by atoms with van der Waals surface area (Å²) in [6.45, 7) is 0. The first kappa shape index (κ1) is 11.1. The molecule has 1 aliphatic rings. The van der Waals surface area contributed by atoms with Gasteiger partial charge in [0.05, 0.1) is 11.7 Å². The Hall–Kier alpha value is -2.03. The fourth-order valence-corrected chi connectivity index (χ4v) is 2.51. The summed E-state index contributed by atoms with van der Waals surface area (Å²) < 4.78 is 0. The average molecular weight is 240 g/mol. The molecular weight excluding hydrogens is 224 g/mol. The highest BCUT2D eigenvalue weighted by Gasteiger charge is 2.20. The van der Waals surface area contributed by atoms with Gasteiger partial charge in [-0.15, -0.1) is 0 Å². The maximum atomic E-state index is 9.28. The molecule has 1 aromatic carbocycles. The molecule has 2 aromatic rings. The van der Waals surface area contributed by atoms with E-state index >= 15 is 0 Å². The number of nitrogens with zero attached hydrogens (tertiary/aromatic N) is 1. The molecule has 18 heavy (non-hydrogen) atoms. The first-order chi connectivity index (χ1) is 8.83. The third-order valence-corrected chi connectivity index (χ3v) is 3.40. The van der Waals surface area contributed by atoms with Gasteiger partial charge in [0.1, 0.15) is 5.75 Å². The Kier molecular flexibility index (Phi) is 2.89. The number of anilines is 1. The molecule has 0 bridgehead atoms. The Bertz CT molecular complexity index is 536. The van der Waals surface area contributed by atoms with Gasteiger partial charge in [0, 0.05) is 11.9 Å². The van der Waals surface area contributed by atoms with Gasteiger partial charge in [0.25, 0.3) is 0 Å². The molecule has 3 rings (SSSR count). The topological polar surface area (TPSA) is 45.1 Å². The van der Waals surface area contributed by atoms with Crippen LogP contribution in [0, 0.1) is 0 Å². The molecule has 0 fully saturated rings. The second-order valence-electron chi connectivity index (χ2n) is 4.68. The number of hydrogen-bond acceptors (Lipinski definition) is 3. The maximum absolute atomic E-state index is 9.28. The lowest BCUT2D eigenvalue weighted by Crippen LogP contribution is -2.18. The van der Waals surface area contributed by atoms with E-state index in [4.69, 9.17) is 0 Å². The predicted octanol–water partition coefficient (Wildman–Crippen LogP) is 3.28. The number of phenolic OH excluding ortho intramolecular Hbond substituents is 1. The Balaban J connectivity index is 1.84. The number of phenols is 1. The number of aromatic hydroxyl groups is 1. The second kappa shape index (κ2) is 4.69. The molecule has 2 N–H and O–H groups in total. The quantitative estimate of drug-likeness (QED) is 0.792. The van der Waals surface area contributed by atoms with Crippen LogP contribution in [-0.2, 0) is 6.42 Å². The number of nitrogens with one attached hydrogen (secondary N) is 1. The summed E-state index contributed by atoms with van der Waals surface area (Å²) in [6, 6.07) is 11.6. The van der Waals surface area contributed by atoms with E-state index in [1.807, 2.05) is 24.4 Å². The number of fused-ring (bicyclic) bond motifs is 1.